The van der Waals surface area contributed by atoms with Crippen LogP contribution in [0.1, 0.15) is 0 Å². The molecule has 6 heteroatoms. The maximum atomic E-state index is 0. The summed E-state index contributed by atoms with van der Waals surface area (Å²) < 4.78 is 0. The zero-order valence-corrected chi connectivity index (χ0v) is 3.85. The molecule has 0 amide bonds. The average molecular weight is 83.5 g/mol. The van der Waals surface area contributed by atoms with Crippen LogP contribution in [-0.4, -0.2) is 25.2 Å². The van der Waals surface area contributed by atoms with Crippen LogP contribution in [-0.2, 0) is 0 Å². The first-order valence-corrected chi connectivity index (χ1v) is 0. The summed E-state index contributed by atoms with van der Waals surface area (Å²) in [5.74, 6) is 0. The van der Waals surface area contributed by atoms with Gasteiger partial charge in [-0.1, -0.05) is 0 Å². The fourth-order valence-corrected chi connectivity index (χ4v) is 0. The highest BCUT2D eigenvalue weighted by Gasteiger charge is 0.00203. The average Bonchev–Trinajstić information content (AvgIpc) is 0. The first kappa shape index (κ1) is 28000. The third-order valence-corrected chi connectivity index (χ3v) is 0. The molecule has 0 atom stereocenters. The van der Waals surface area contributed by atoms with Crippen LogP contribution in [0.3, 0.4) is 0 Å². The molecule has 33 valence electrons. The fourth-order valence-electron chi connectivity index (χ4n) is 0. The summed E-state index contributed by atoms with van der Waals surface area (Å²) >= 11 is 0. The molecule has 0 bridgehead atoms. The van der Waals surface area contributed by atoms with E-state index in [1.807, 2.05) is 0 Å². The predicted octanol–water partition coefficient (Wildman–Crippen LogP) is -0.656. The van der Waals surface area contributed by atoms with E-state index in [0.717, 1.165) is 0 Å². The van der Waals surface area contributed by atoms with E-state index in [4.69, 9.17) is 0 Å². The summed E-state index contributed by atoms with van der Waals surface area (Å²) in [5, 5.41) is 0. The van der Waals surface area contributed by atoms with E-state index in [1.54, 1.807) is 0 Å². The third-order valence-electron chi connectivity index (χ3n) is 0. The molecular formula is H9B3N3. The normalized spacial score (nSPS) is 0. The Labute approximate surface area is 44.7 Å². The second-order valence-electron chi connectivity index (χ2n) is 0. The molecule has 9 radical (unpaired) electrons. The van der Waals surface area contributed by atoms with Crippen molar-refractivity contribution in [1.82, 2.24) is 18.5 Å². The van der Waals surface area contributed by atoms with Gasteiger partial charge in [-0.25, -0.2) is 0 Å². The minimum absolute atomic E-state index is 0. The molecule has 0 aromatic heterocycles. The molecule has 0 rings (SSSR count). The number of rotatable bonds is 0. The molecule has 0 aromatic rings. The highest BCUT2D eigenvalue weighted by molar-refractivity contribution is 5.76. The molecule has 0 unspecified atom stereocenters. The molecule has 0 aliphatic heterocycles. The first-order valence-electron chi connectivity index (χ1n) is 0. The number of hydrogen-bond donors (Lipinski definition) is 3. The Bertz CT molecular complexity index is 6.00. The van der Waals surface area contributed by atoms with Crippen molar-refractivity contribution in [1.29, 1.82) is 0 Å². The zero-order chi connectivity index (χ0) is 0. The summed E-state index contributed by atoms with van der Waals surface area (Å²) in [5.41, 5.74) is 0. The Balaban J connectivity index is 0. The Morgan fingerprint density at radius 2 is 0.333 bits per heavy atom. The van der Waals surface area contributed by atoms with Gasteiger partial charge in [0.1, 0.15) is 0 Å². The van der Waals surface area contributed by atoms with E-state index in [9.17, 15) is 0 Å². The van der Waals surface area contributed by atoms with E-state index in [-0.39, 0.29) is 43.7 Å². The van der Waals surface area contributed by atoms with E-state index in [2.05, 4.69) is 0 Å². The predicted molar refractivity (Wildman–Crippen MR) is 32.3 cm³/mol. The van der Waals surface area contributed by atoms with E-state index >= 15 is 0 Å². The molecule has 0 aromatic carbocycles. The highest BCUT2D eigenvalue weighted by Crippen LogP contribution is -0.379. The molecular weight excluding hydrogens is 74.5 g/mol. The van der Waals surface area contributed by atoms with Crippen LogP contribution >= 0.6 is 0 Å². The van der Waals surface area contributed by atoms with Crippen molar-refractivity contribution in [3.63, 3.8) is 0 Å². The Kier molecular flexibility index (Phi) is 70200000. The van der Waals surface area contributed by atoms with Gasteiger partial charge in [-0.15, -0.1) is 0 Å². The number of hydrogen-bond acceptors (Lipinski definition) is 3. The van der Waals surface area contributed by atoms with E-state index in [1.165, 1.54) is 0 Å². The molecule has 0 heterocycles. The molecule has 9 N–H and O–H groups in total. The molecule has 6 heavy (non-hydrogen) atoms. The maximum absolute atomic E-state index is 0. The van der Waals surface area contributed by atoms with Crippen molar-refractivity contribution in [2.75, 3.05) is 0 Å². The summed E-state index contributed by atoms with van der Waals surface area (Å²) in [6.45, 7) is 0. The van der Waals surface area contributed by atoms with Crippen LogP contribution in [0.25, 0.3) is 0 Å². The van der Waals surface area contributed by atoms with Gasteiger partial charge >= 0.3 is 0 Å². The second kappa shape index (κ2) is 15100. The van der Waals surface area contributed by atoms with Crippen LogP contribution in [0.5, 0.6) is 0 Å². The van der Waals surface area contributed by atoms with Crippen LogP contribution in [0.4, 0.5) is 0 Å². The fraction of sp³-hybridized carbons (Fsp3) is 0. The largest absolute Gasteiger partial charge is 0.344 e. The summed E-state index contributed by atoms with van der Waals surface area (Å²) in [6.07, 6.45) is 0. The van der Waals surface area contributed by atoms with Gasteiger partial charge in [-0.3, -0.25) is 0 Å². The van der Waals surface area contributed by atoms with Gasteiger partial charge in [0.25, 0.3) is 0 Å². The van der Waals surface area contributed by atoms with Gasteiger partial charge in [-0.2, -0.15) is 0 Å². The minimum Gasteiger partial charge on any atom is -0.344 e. The first-order chi connectivity index (χ1) is 0. The van der Waals surface area contributed by atoms with Crippen LogP contribution < -0.4 is 18.5 Å². The van der Waals surface area contributed by atoms with Gasteiger partial charge in [0.2, 0.25) is 0 Å². The molecule has 0 aliphatic carbocycles. The minimum atomic E-state index is 0. The van der Waals surface area contributed by atoms with Crippen molar-refractivity contribution in [2.45, 2.75) is 0 Å². The van der Waals surface area contributed by atoms with E-state index in [0.29, 0.717) is 0 Å². The lowest BCUT2D eigenvalue weighted by Crippen LogP contribution is -0.482. The molecule has 0 fully saturated rings. The lowest BCUT2D eigenvalue weighted by Gasteiger charge is -0.345. The standard InChI is InChI=1S/3B.3H3N/h;;;3*1H3. The summed E-state index contributed by atoms with van der Waals surface area (Å²) in [6, 6.07) is 0. The second-order valence-corrected chi connectivity index (χ2v) is 0. The van der Waals surface area contributed by atoms with Gasteiger partial charge in [0.05, 0.1) is 0 Å². The molecule has 0 aliphatic rings. The van der Waals surface area contributed by atoms with E-state index < -0.39 is 0 Å². The maximum Gasteiger partial charge on any atom is 0 e. The Hall–Kier alpha value is 0.0748. The van der Waals surface area contributed by atoms with Crippen molar-refractivity contribution in [3.8, 4) is 0 Å². The zero-order valence-electron chi connectivity index (χ0n) is 3.85. The molecule has 0 spiro atoms. The van der Waals surface area contributed by atoms with Crippen molar-refractivity contribution in [2.24, 2.45) is 0 Å². The molecule has 0 saturated carbocycles. The van der Waals surface area contributed by atoms with Gasteiger partial charge in [0.15, 0.2) is 0 Å². The van der Waals surface area contributed by atoms with Gasteiger partial charge in [0, 0.05) is 25.2 Å². The van der Waals surface area contributed by atoms with Crippen LogP contribution in [0, 0.1) is 0 Å². The SMILES string of the molecule is N.N.N.[B].[B].[B]. The quantitative estimate of drug-likeness (QED) is 0.339. The Morgan fingerprint density at radius 3 is 0.333 bits per heavy atom. The van der Waals surface area contributed by atoms with Crippen LogP contribution in [0.2, 0.25) is 0 Å². The van der Waals surface area contributed by atoms with Gasteiger partial charge < -0.3 is 18.5 Å². The van der Waals surface area contributed by atoms with Crippen molar-refractivity contribution in [3.05, 3.63) is 0 Å². The van der Waals surface area contributed by atoms with Gasteiger partial charge in [-0.05, 0) is 0 Å². The highest BCUT2D eigenvalue weighted by atomic mass is 14.0. The summed E-state index contributed by atoms with van der Waals surface area (Å²) in [4.78, 5) is 0. The smallest absolute Gasteiger partial charge is 0 e. The molecule has 0 saturated heterocycles. The summed E-state index contributed by atoms with van der Waals surface area (Å²) in [7, 11) is 0. The monoisotopic (exact) mass is 84.1 g/mol. The Morgan fingerprint density at radius 1 is 0.333 bits per heavy atom. The lowest BCUT2D eigenvalue weighted by molar-refractivity contribution is 2.13. The molecule has 3 nitrogen and oxygen atoms in total. The van der Waals surface area contributed by atoms with Crippen LogP contribution in [0.15, 0.2) is 0 Å². The van der Waals surface area contributed by atoms with Crippen molar-refractivity contribution < 1.29 is 0 Å². The third kappa shape index (κ3) is 6880. The topological polar surface area (TPSA) is 105 Å². The van der Waals surface area contributed by atoms with Crippen molar-refractivity contribution >= 4 is 25.2 Å². The lowest BCUT2D eigenvalue weighted by atomic mass is 10.8.